The number of nitrogens with zero attached hydrogens (tertiary/aromatic N) is 1. The summed E-state index contributed by atoms with van der Waals surface area (Å²) in [5, 5.41) is 2.99. The van der Waals surface area contributed by atoms with Gasteiger partial charge in [0, 0.05) is 25.8 Å². The number of hydrogen-bond acceptors (Lipinski definition) is 2. The maximum Gasteiger partial charge on any atom is 0.162 e. The Balaban J connectivity index is 2.16. The second-order valence-electron chi connectivity index (χ2n) is 6.05. The maximum atomic E-state index is 13.9. The topological polar surface area (TPSA) is 15.3 Å². The number of nitrogens with one attached hydrogen (secondary N) is 1. The van der Waals surface area contributed by atoms with Gasteiger partial charge in [0.05, 0.1) is 5.70 Å². The molecule has 0 saturated heterocycles. The molecule has 0 aromatic heterocycles. The van der Waals surface area contributed by atoms with Gasteiger partial charge >= 0.3 is 0 Å². The van der Waals surface area contributed by atoms with Crippen molar-refractivity contribution in [2.24, 2.45) is 0 Å². The minimum absolute atomic E-state index is 0.358. The molecule has 2 nitrogen and oxygen atoms in total. The lowest BCUT2D eigenvalue weighted by Gasteiger charge is -2.28. The fraction of sp³-hybridized carbons (Fsp3) is 0.238. The van der Waals surface area contributed by atoms with Crippen molar-refractivity contribution < 1.29 is 8.78 Å². The Morgan fingerprint density at radius 1 is 1.08 bits per heavy atom. The molecule has 0 fully saturated rings. The molecule has 4 heteroatoms. The Hall–Kier alpha value is -2.62. The Labute approximate surface area is 148 Å². The normalized spacial score (nSPS) is 10.4. The van der Waals surface area contributed by atoms with Gasteiger partial charge < -0.3 is 10.2 Å². The molecular formula is C21H24F2N2. The van der Waals surface area contributed by atoms with Gasteiger partial charge in [0.15, 0.2) is 11.6 Å². The van der Waals surface area contributed by atoms with Crippen LogP contribution in [0.25, 0.3) is 0 Å². The van der Waals surface area contributed by atoms with E-state index in [1.807, 2.05) is 11.8 Å². The molecule has 2 aromatic carbocycles. The maximum absolute atomic E-state index is 13.9. The van der Waals surface area contributed by atoms with Gasteiger partial charge in [0.2, 0.25) is 0 Å². The van der Waals surface area contributed by atoms with Crippen LogP contribution in [-0.4, -0.2) is 18.5 Å². The molecule has 2 aromatic rings. The molecule has 0 bridgehead atoms. The summed E-state index contributed by atoms with van der Waals surface area (Å²) in [6.07, 6.45) is 0.380. The Morgan fingerprint density at radius 3 is 2.40 bits per heavy atom. The van der Waals surface area contributed by atoms with Gasteiger partial charge in [-0.25, -0.2) is 8.78 Å². The number of aryl methyl sites for hydroxylation is 1. The third-order valence-electron chi connectivity index (χ3n) is 4.21. The van der Waals surface area contributed by atoms with Gasteiger partial charge in [0.25, 0.3) is 0 Å². The Kier molecular flexibility index (Phi) is 6.34. The average molecular weight is 342 g/mol. The van der Waals surface area contributed by atoms with Crippen LogP contribution < -0.4 is 5.32 Å². The van der Waals surface area contributed by atoms with Crippen molar-refractivity contribution >= 4 is 0 Å². The quantitative estimate of drug-likeness (QED) is 0.707. The standard InChI is InChI=1S/C21H24F2N2/c1-15-8-10-18(11-9-15)14-25(17(3)16(2)24-4)13-12-19-6-5-7-20(22)21(19)23/h5-11,24H,2-3,12-14H2,1,4H3. The van der Waals surface area contributed by atoms with Crippen molar-refractivity contribution in [1.82, 2.24) is 10.2 Å². The summed E-state index contributed by atoms with van der Waals surface area (Å²) >= 11 is 0. The van der Waals surface area contributed by atoms with Crippen LogP contribution >= 0.6 is 0 Å². The molecule has 0 aliphatic heterocycles. The van der Waals surface area contributed by atoms with Gasteiger partial charge in [-0.05, 0) is 30.5 Å². The van der Waals surface area contributed by atoms with E-state index in [0.29, 0.717) is 30.8 Å². The highest BCUT2D eigenvalue weighted by Crippen LogP contribution is 2.18. The Bertz CT molecular complexity index is 751. The zero-order chi connectivity index (χ0) is 18.4. The van der Waals surface area contributed by atoms with Crippen LogP contribution in [0.4, 0.5) is 8.78 Å². The molecule has 0 unspecified atom stereocenters. The van der Waals surface area contributed by atoms with E-state index < -0.39 is 11.6 Å². The average Bonchev–Trinajstić information content (AvgIpc) is 2.62. The van der Waals surface area contributed by atoms with E-state index in [9.17, 15) is 8.78 Å². The summed E-state index contributed by atoms with van der Waals surface area (Å²) in [5.41, 5.74) is 4.11. The van der Waals surface area contributed by atoms with Crippen LogP contribution in [0.5, 0.6) is 0 Å². The first-order chi connectivity index (χ1) is 11.9. The molecule has 0 heterocycles. The summed E-state index contributed by atoms with van der Waals surface area (Å²) < 4.78 is 27.3. The van der Waals surface area contributed by atoms with E-state index in [-0.39, 0.29) is 0 Å². The molecule has 25 heavy (non-hydrogen) atoms. The fourth-order valence-electron chi connectivity index (χ4n) is 2.56. The molecule has 0 radical (unpaired) electrons. The van der Waals surface area contributed by atoms with Gasteiger partial charge in [-0.2, -0.15) is 0 Å². The van der Waals surface area contributed by atoms with Crippen LogP contribution in [-0.2, 0) is 13.0 Å². The third kappa shape index (κ3) is 4.92. The number of benzene rings is 2. The first-order valence-electron chi connectivity index (χ1n) is 8.21. The first kappa shape index (κ1) is 18.7. The first-order valence-corrected chi connectivity index (χ1v) is 8.21. The molecule has 0 aliphatic rings. The van der Waals surface area contributed by atoms with Crippen molar-refractivity contribution in [2.75, 3.05) is 13.6 Å². The molecule has 0 aliphatic carbocycles. The van der Waals surface area contributed by atoms with Crippen LogP contribution in [0.1, 0.15) is 16.7 Å². The van der Waals surface area contributed by atoms with Crippen molar-refractivity contribution in [2.45, 2.75) is 19.9 Å². The highest BCUT2D eigenvalue weighted by Gasteiger charge is 2.14. The smallest absolute Gasteiger partial charge is 0.162 e. The van der Waals surface area contributed by atoms with Crippen LogP contribution in [0.3, 0.4) is 0 Å². The van der Waals surface area contributed by atoms with Crippen molar-refractivity contribution in [1.29, 1.82) is 0 Å². The summed E-state index contributed by atoms with van der Waals surface area (Å²) in [6.45, 7) is 11.2. The van der Waals surface area contributed by atoms with E-state index in [1.165, 1.54) is 11.6 Å². The molecule has 0 amide bonds. The zero-order valence-corrected chi connectivity index (χ0v) is 14.8. The van der Waals surface area contributed by atoms with E-state index >= 15 is 0 Å². The zero-order valence-electron chi connectivity index (χ0n) is 14.8. The number of hydrogen-bond donors (Lipinski definition) is 1. The molecule has 0 atom stereocenters. The predicted octanol–water partition coefficient (Wildman–Crippen LogP) is 4.56. The molecule has 2 rings (SSSR count). The minimum atomic E-state index is -0.818. The number of rotatable bonds is 8. The lowest BCUT2D eigenvalue weighted by atomic mass is 10.1. The van der Waals surface area contributed by atoms with Crippen molar-refractivity contribution in [3.05, 3.63) is 95.3 Å². The van der Waals surface area contributed by atoms with E-state index in [1.54, 1.807) is 13.1 Å². The Morgan fingerprint density at radius 2 is 1.76 bits per heavy atom. The molecule has 1 N–H and O–H groups in total. The second-order valence-corrected chi connectivity index (χ2v) is 6.05. The summed E-state index contributed by atoms with van der Waals surface area (Å²) in [5.74, 6) is -1.60. The lowest BCUT2D eigenvalue weighted by Crippen LogP contribution is -2.28. The number of halogens is 2. The van der Waals surface area contributed by atoms with Gasteiger partial charge in [-0.1, -0.05) is 55.1 Å². The molecule has 132 valence electrons. The highest BCUT2D eigenvalue weighted by atomic mass is 19.2. The molecule has 0 saturated carbocycles. The second kappa shape index (κ2) is 8.47. The molecule has 0 spiro atoms. The van der Waals surface area contributed by atoms with Crippen molar-refractivity contribution in [3.8, 4) is 0 Å². The van der Waals surface area contributed by atoms with Crippen LogP contribution in [0, 0.1) is 18.6 Å². The van der Waals surface area contributed by atoms with Gasteiger partial charge in [-0.3, -0.25) is 0 Å². The lowest BCUT2D eigenvalue weighted by molar-refractivity contribution is 0.342. The van der Waals surface area contributed by atoms with Crippen LogP contribution in [0.15, 0.2) is 67.0 Å². The molecular weight excluding hydrogens is 318 g/mol. The summed E-state index contributed by atoms with van der Waals surface area (Å²) in [4.78, 5) is 2.02. The predicted molar refractivity (Wildman–Crippen MR) is 99.0 cm³/mol. The fourth-order valence-corrected chi connectivity index (χ4v) is 2.56. The highest BCUT2D eigenvalue weighted by molar-refractivity contribution is 5.26. The number of likely N-dealkylation sites (N-methyl/N-ethyl adjacent to an activating group) is 1. The monoisotopic (exact) mass is 342 g/mol. The van der Waals surface area contributed by atoms with Gasteiger partial charge in [0.1, 0.15) is 0 Å². The summed E-state index contributed by atoms with van der Waals surface area (Å²) in [6, 6.07) is 12.5. The SMILES string of the molecule is C=C(NC)C(=C)N(CCc1cccc(F)c1F)Cc1ccc(C)cc1. The van der Waals surface area contributed by atoms with Gasteiger partial charge in [-0.15, -0.1) is 0 Å². The van der Waals surface area contributed by atoms with E-state index in [2.05, 4.69) is 42.7 Å². The van der Waals surface area contributed by atoms with Crippen LogP contribution in [0.2, 0.25) is 0 Å². The van der Waals surface area contributed by atoms with E-state index in [0.717, 1.165) is 17.3 Å². The summed E-state index contributed by atoms with van der Waals surface area (Å²) in [7, 11) is 1.78. The van der Waals surface area contributed by atoms with Crippen molar-refractivity contribution in [3.63, 3.8) is 0 Å². The minimum Gasteiger partial charge on any atom is -0.387 e. The van der Waals surface area contributed by atoms with E-state index in [4.69, 9.17) is 0 Å². The third-order valence-corrected chi connectivity index (χ3v) is 4.21. The largest absolute Gasteiger partial charge is 0.387 e.